The molecule has 0 atom stereocenters. The third-order valence-corrected chi connectivity index (χ3v) is 5.48. The zero-order chi connectivity index (χ0) is 20.4. The fourth-order valence-corrected chi connectivity index (χ4v) is 3.89. The Bertz CT molecular complexity index is 1090. The third-order valence-electron chi connectivity index (χ3n) is 5.48. The molecule has 1 aromatic heterocycles. The molecule has 0 N–H and O–H groups in total. The number of amides is 2. The normalized spacial score (nSPS) is 14.4. The number of hydrogen-bond donors (Lipinski definition) is 0. The minimum atomic E-state index is -0.167. The summed E-state index contributed by atoms with van der Waals surface area (Å²) in [5.74, 6) is -0.113. The molecule has 0 aliphatic carbocycles. The average Bonchev–Trinajstić information content (AvgIpc) is 3.04. The Hall–Kier alpha value is -3.35. The van der Waals surface area contributed by atoms with Gasteiger partial charge in [-0.25, -0.2) is 4.79 Å². The highest BCUT2D eigenvalue weighted by molar-refractivity contribution is 5.94. The van der Waals surface area contributed by atoms with Crippen molar-refractivity contribution in [1.82, 2.24) is 18.9 Å². The van der Waals surface area contributed by atoms with Crippen LogP contribution in [0.15, 0.2) is 59.4 Å². The Balaban J connectivity index is 1.45. The Kier molecular flexibility index (Phi) is 5.20. The van der Waals surface area contributed by atoms with E-state index in [-0.39, 0.29) is 24.0 Å². The van der Waals surface area contributed by atoms with Crippen molar-refractivity contribution in [1.29, 1.82) is 0 Å². The van der Waals surface area contributed by atoms with E-state index in [4.69, 9.17) is 0 Å². The molecule has 2 heterocycles. The first kappa shape index (κ1) is 19.0. The zero-order valence-corrected chi connectivity index (χ0v) is 16.5. The van der Waals surface area contributed by atoms with E-state index < -0.39 is 0 Å². The molecule has 0 spiro atoms. The van der Waals surface area contributed by atoms with Crippen LogP contribution >= 0.6 is 0 Å². The molecule has 0 saturated carbocycles. The van der Waals surface area contributed by atoms with Crippen LogP contribution in [0.5, 0.6) is 0 Å². The van der Waals surface area contributed by atoms with Gasteiger partial charge in [0.2, 0.25) is 5.91 Å². The Labute approximate surface area is 168 Å². The molecular formula is C22H24N4O3. The first-order chi connectivity index (χ1) is 14.1. The lowest BCUT2D eigenvalue weighted by atomic mass is 10.2. The van der Waals surface area contributed by atoms with E-state index in [1.54, 1.807) is 31.1 Å². The summed E-state index contributed by atoms with van der Waals surface area (Å²) in [5, 5.41) is 0. The van der Waals surface area contributed by atoms with Crippen molar-refractivity contribution in [2.75, 3.05) is 26.2 Å². The number of hydrogen-bond acceptors (Lipinski definition) is 3. The highest BCUT2D eigenvalue weighted by Crippen LogP contribution is 2.14. The van der Waals surface area contributed by atoms with Gasteiger partial charge in [-0.3, -0.25) is 18.7 Å². The lowest BCUT2D eigenvalue weighted by Gasteiger charge is -2.34. The number of para-hydroxylation sites is 2. The third kappa shape index (κ3) is 3.55. The van der Waals surface area contributed by atoms with Crippen LogP contribution in [0, 0.1) is 0 Å². The van der Waals surface area contributed by atoms with Gasteiger partial charge in [0.15, 0.2) is 0 Å². The van der Waals surface area contributed by atoms with Gasteiger partial charge in [-0.05, 0) is 31.2 Å². The topological polar surface area (TPSA) is 67.6 Å². The summed E-state index contributed by atoms with van der Waals surface area (Å²) in [6, 6.07) is 16.7. The highest BCUT2D eigenvalue weighted by Gasteiger charge is 2.25. The maximum absolute atomic E-state index is 12.9. The van der Waals surface area contributed by atoms with Crippen LogP contribution in [0.3, 0.4) is 0 Å². The molecule has 0 unspecified atom stereocenters. The second-order valence-electron chi connectivity index (χ2n) is 7.14. The monoisotopic (exact) mass is 392 g/mol. The minimum Gasteiger partial charge on any atom is -0.338 e. The molecule has 29 heavy (non-hydrogen) atoms. The van der Waals surface area contributed by atoms with Gasteiger partial charge in [0, 0.05) is 38.3 Å². The van der Waals surface area contributed by atoms with Crippen molar-refractivity contribution < 1.29 is 9.59 Å². The van der Waals surface area contributed by atoms with E-state index in [2.05, 4.69) is 0 Å². The van der Waals surface area contributed by atoms with Gasteiger partial charge >= 0.3 is 5.69 Å². The summed E-state index contributed by atoms with van der Waals surface area (Å²) >= 11 is 0. The summed E-state index contributed by atoms with van der Waals surface area (Å²) in [6.45, 7) is 4.41. The molecule has 1 fully saturated rings. The smallest absolute Gasteiger partial charge is 0.329 e. The van der Waals surface area contributed by atoms with Crippen LogP contribution < -0.4 is 5.69 Å². The molecule has 7 nitrogen and oxygen atoms in total. The fraction of sp³-hybridized carbons (Fsp3) is 0.318. The van der Waals surface area contributed by atoms with E-state index in [1.807, 2.05) is 49.4 Å². The van der Waals surface area contributed by atoms with Crippen molar-refractivity contribution in [3.63, 3.8) is 0 Å². The number of aromatic nitrogens is 2. The number of carbonyl (C=O) groups excluding carboxylic acids is 2. The SMILES string of the molecule is CCn1c(=O)n(CC(=O)N2CCN(C(=O)c3ccccc3)CC2)c2ccccc21. The molecule has 150 valence electrons. The molecule has 7 heteroatoms. The van der Waals surface area contributed by atoms with Gasteiger partial charge < -0.3 is 9.80 Å². The van der Waals surface area contributed by atoms with Crippen LogP contribution in [0.4, 0.5) is 0 Å². The maximum atomic E-state index is 12.9. The molecule has 4 rings (SSSR count). The molecule has 1 saturated heterocycles. The minimum absolute atomic E-state index is 0.0129. The first-order valence-corrected chi connectivity index (χ1v) is 9.90. The second-order valence-corrected chi connectivity index (χ2v) is 7.14. The number of piperazine rings is 1. The Morgan fingerprint density at radius 3 is 1.97 bits per heavy atom. The van der Waals surface area contributed by atoms with Gasteiger partial charge in [-0.15, -0.1) is 0 Å². The number of imidazole rings is 1. The van der Waals surface area contributed by atoms with E-state index in [0.717, 1.165) is 11.0 Å². The number of carbonyl (C=O) groups is 2. The summed E-state index contributed by atoms with van der Waals surface area (Å²) in [6.07, 6.45) is 0. The van der Waals surface area contributed by atoms with Gasteiger partial charge in [-0.1, -0.05) is 30.3 Å². The van der Waals surface area contributed by atoms with E-state index >= 15 is 0 Å². The van der Waals surface area contributed by atoms with E-state index in [0.29, 0.717) is 38.3 Å². The Morgan fingerprint density at radius 1 is 0.793 bits per heavy atom. The largest absolute Gasteiger partial charge is 0.338 e. The number of rotatable bonds is 4. The molecular weight excluding hydrogens is 368 g/mol. The standard InChI is InChI=1S/C22H24N4O3/c1-2-25-18-10-6-7-11-19(18)26(22(25)29)16-20(27)23-12-14-24(15-13-23)21(28)17-8-4-3-5-9-17/h3-11H,2,12-16H2,1H3. The lowest BCUT2D eigenvalue weighted by Crippen LogP contribution is -2.51. The number of fused-ring (bicyclic) bond motifs is 1. The lowest BCUT2D eigenvalue weighted by molar-refractivity contribution is -0.133. The predicted octanol–water partition coefficient (Wildman–Crippen LogP) is 1.81. The predicted molar refractivity (Wildman–Crippen MR) is 111 cm³/mol. The fourth-order valence-electron chi connectivity index (χ4n) is 3.89. The molecule has 0 bridgehead atoms. The first-order valence-electron chi connectivity index (χ1n) is 9.90. The van der Waals surface area contributed by atoms with Gasteiger partial charge in [0.05, 0.1) is 11.0 Å². The van der Waals surface area contributed by atoms with E-state index in [9.17, 15) is 14.4 Å². The van der Waals surface area contributed by atoms with Crippen LogP contribution in [0.2, 0.25) is 0 Å². The number of benzene rings is 2. The molecule has 3 aromatic rings. The van der Waals surface area contributed by atoms with Crippen molar-refractivity contribution >= 4 is 22.8 Å². The molecule has 0 radical (unpaired) electrons. The molecule has 2 aromatic carbocycles. The highest BCUT2D eigenvalue weighted by atomic mass is 16.2. The summed E-state index contributed by atoms with van der Waals surface area (Å²) < 4.78 is 3.22. The summed E-state index contributed by atoms with van der Waals surface area (Å²) in [5.41, 5.74) is 2.10. The second kappa shape index (κ2) is 7.95. The maximum Gasteiger partial charge on any atom is 0.329 e. The molecule has 2 amide bonds. The zero-order valence-electron chi connectivity index (χ0n) is 16.5. The van der Waals surface area contributed by atoms with Gasteiger partial charge in [0.25, 0.3) is 5.91 Å². The van der Waals surface area contributed by atoms with Crippen LogP contribution in [0.25, 0.3) is 11.0 Å². The Morgan fingerprint density at radius 2 is 1.34 bits per heavy atom. The van der Waals surface area contributed by atoms with Crippen molar-refractivity contribution in [3.05, 3.63) is 70.6 Å². The van der Waals surface area contributed by atoms with E-state index in [1.165, 1.54) is 0 Å². The van der Waals surface area contributed by atoms with Crippen molar-refractivity contribution in [3.8, 4) is 0 Å². The summed E-state index contributed by atoms with van der Waals surface area (Å²) in [4.78, 5) is 41.7. The van der Waals surface area contributed by atoms with Crippen LogP contribution in [-0.4, -0.2) is 56.9 Å². The average molecular weight is 392 g/mol. The molecule has 1 aliphatic rings. The van der Waals surface area contributed by atoms with Gasteiger partial charge in [0.1, 0.15) is 6.54 Å². The van der Waals surface area contributed by atoms with Crippen molar-refractivity contribution in [2.24, 2.45) is 0 Å². The van der Waals surface area contributed by atoms with Crippen LogP contribution in [0.1, 0.15) is 17.3 Å². The molecule has 1 aliphatic heterocycles. The van der Waals surface area contributed by atoms with Gasteiger partial charge in [-0.2, -0.15) is 0 Å². The quantitative estimate of drug-likeness (QED) is 0.680. The van der Waals surface area contributed by atoms with Crippen LogP contribution in [-0.2, 0) is 17.9 Å². The summed E-state index contributed by atoms with van der Waals surface area (Å²) in [7, 11) is 0. The number of nitrogens with zero attached hydrogens (tertiary/aromatic N) is 4. The van der Waals surface area contributed by atoms with Crippen molar-refractivity contribution in [2.45, 2.75) is 20.0 Å². The number of aryl methyl sites for hydroxylation is 1.